The molecule has 0 saturated heterocycles. The molecule has 2 aromatic rings. The van der Waals surface area contributed by atoms with Crippen LogP contribution in [0.2, 0.25) is 10.0 Å². The van der Waals surface area contributed by atoms with Gasteiger partial charge in [-0.2, -0.15) is 0 Å². The van der Waals surface area contributed by atoms with Gasteiger partial charge in [0.15, 0.2) is 0 Å². The van der Waals surface area contributed by atoms with Crippen LogP contribution in [-0.4, -0.2) is 17.6 Å². The molecule has 0 aliphatic carbocycles. The number of amides is 1. The van der Waals surface area contributed by atoms with Crippen LogP contribution in [0.3, 0.4) is 0 Å². The van der Waals surface area contributed by atoms with Gasteiger partial charge in [0.1, 0.15) is 11.3 Å². The number of hydrogen-bond donors (Lipinski definition) is 1. The smallest absolute Gasteiger partial charge is 0.261 e. The zero-order chi connectivity index (χ0) is 17.3. The van der Waals surface area contributed by atoms with Crippen molar-refractivity contribution in [1.82, 2.24) is 4.57 Å². The number of rotatable bonds is 3. The first-order valence-corrected chi connectivity index (χ1v) is 8.33. The van der Waals surface area contributed by atoms with Gasteiger partial charge in [-0.25, -0.2) is 0 Å². The van der Waals surface area contributed by atoms with Crippen LogP contribution in [0.15, 0.2) is 29.1 Å². The number of fused-ring (bicyclic) bond motifs is 1. The maximum absolute atomic E-state index is 12.8. The summed E-state index contributed by atoms with van der Waals surface area (Å²) in [5, 5.41) is 3.63. The summed E-state index contributed by atoms with van der Waals surface area (Å²) < 4.78 is 6.92. The molecule has 0 unspecified atom stereocenters. The fraction of sp³-hybridized carbons (Fsp3) is 0.294. The van der Waals surface area contributed by atoms with Crippen molar-refractivity contribution in [3.8, 4) is 5.75 Å². The predicted octanol–water partition coefficient (Wildman–Crippen LogP) is 3.75. The Balaban J connectivity index is 2.04. The number of pyridine rings is 1. The average Bonchev–Trinajstić information content (AvgIpc) is 2.53. The Morgan fingerprint density at radius 2 is 1.88 bits per heavy atom. The topological polar surface area (TPSA) is 60.3 Å². The van der Waals surface area contributed by atoms with E-state index in [1.165, 1.54) is 13.2 Å². The van der Waals surface area contributed by atoms with E-state index in [9.17, 15) is 9.59 Å². The highest BCUT2D eigenvalue weighted by atomic mass is 35.5. The van der Waals surface area contributed by atoms with Crippen LogP contribution < -0.4 is 15.6 Å². The van der Waals surface area contributed by atoms with Crippen LogP contribution in [0.5, 0.6) is 5.75 Å². The van der Waals surface area contributed by atoms with E-state index in [4.69, 9.17) is 27.9 Å². The van der Waals surface area contributed by atoms with Crippen LogP contribution in [0, 0.1) is 0 Å². The molecule has 0 saturated carbocycles. The third kappa shape index (κ3) is 3.28. The quantitative estimate of drug-likeness (QED) is 0.899. The minimum atomic E-state index is -0.351. The summed E-state index contributed by atoms with van der Waals surface area (Å²) in [6, 6.07) is 6.16. The van der Waals surface area contributed by atoms with Gasteiger partial charge in [0.25, 0.3) is 11.5 Å². The van der Waals surface area contributed by atoms with Gasteiger partial charge in [-0.05, 0) is 37.5 Å². The van der Waals surface area contributed by atoms with Gasteiger partial charge in [0.2, 0.25) is 0 Å². The second kappa shape index (κ2) is 6.87. The molecule has 7 heteroatoms. The molecule has 0 spiro atoms. The van der Waals surface area contributed by atoms with Crippen molar-refractivity contribution in [1.29, 1.82) is 0 Å². The highest BCUT2D eigenvalue weighted by Crippen LogP contribution is 2.27. The minimum Gasteiger partial charge on any atom is -0.496 e. The second-order valence-corrected chi connectivity index (χ2v) is 6.47. The average molecular weight is 367 g/mol. The molecule has 1 N–H and O–H groups in total. The maximum Gasteiger partial charge on any atom is 0.261 e. The molecule has 0 fully saturated rings. The molecule has 0 radical (unpaired) electrons. The number of nitrogens with zero attached hydrogens (tertiary/aromatic N) is 1. The Morgan fingerprint density at radius 3 is 2.54 bits per heavy atom. The van der Waals surface area contributed by atoms with E-state index in [0.717, 1.165) is 12.8 Å². The SMILES string of the molecule is COc1cc(=O)n2c(c1C(=O)Nc1cc(Cl)cc(Cl)c1)CCCC2. The summed E-state index contributed by atoms with van der Waals surface area (Å²) in [6.07, 6.45) is 2.51. The molecule has 1 aromatic carbocycles. The van der Waals surface area contributed by atoms with Gasteiger partial charge < -0.3 is 14.6 Å². The molecule has 1 amide bonds. The van der Waals surface area contributed by atoms with Crippen molar-refractivity contribution in [2.24, 2.45) is 0 Å². The lowest BCUT2D eigenvalue weighted by molar-refractivity contribution is 0.102. The molecule has 0 bridgehead atoms. The number of methoxy groups -OCH3 is 1. The standard InChI is InChI=1S/C17H16Cl2N2O3/c1-24-14-9-15(22)21-5-3-2-4-13(21)16(14)17(23)20-12-7-10(18)6-11(19)8-12/h6-9H,2-5H2,1H3,(H,20,23). The van der Waals surface area contributed by atoms with Crippen molar-refractivity contribution < 1.29 is 9.53 Å². The summed E-state index contributed by atoms with van der Waals surface area (Å²) >= 11 is 11.9. The van der Waals surface area contributed by atoms with Crippen molar-refractivity contribution in [3.05, 3.63) is 55.9 Å². The van der Waals surface area contributed by atoms with Gasteiger partial charge in [0.05, 0.1) is 7.11 Å². The number of ether oxygens (including phenoxy) is 1. The van der Waals surface area contributed by atoms with Gasteiger partial charge in [-0.3, -0.25) is 9.59 Å². The lowest BCUT2D eigenvalue weighted by Gasteiger charge is -2.22. The van der Waals surface area contributed by atoms with Crippen molar-refractivity contribution in [2.75, 3.05) is 12.4 Å². The molecular formula is C17H16Cl2N2O3. The van der Waals surface area contributed by atoms with Crippen LogP contribution in [0.1, 0.15) is 28.9 Å². The molecule has 1 aliphatic rings. The van der Waals surface area contributed by atoms with Gasteiger partial charge in [0, 0.05) is 34.0 Å². The number of nitrogens with one attached hydrogen (secondary N) is 1. The Kier molecular flexibility index (Phi) is 4.83. The van der Waals surface area contributed by atoms with Gasteiger partial charge in [-0.15, -0.1) is 0 Å². The van der Waals surface area contributed by atoms with Crippen LogP contribution in [-0.2, 0) is 13.0 Å². The normalized spacial score (nSPS) is 13.3. The number of anilines is 1. The van der Waals surface area contributed by atoms with E-state index in [1.807, 2.05) is 0 Å². The molecule has 1 aromatic heterocycles. The highest BCUT2D eigenvalue weighted by Gasteiger charge is 2.24. The first-order chi connectivity index (χ1) is 11.5. The molecule has 5 nitrogen and oxygen atoms in total. The summed E-state index contributed by atoms with van der Waals surface area (Å²) in [5.41, 5.74) is 1.42. The number of aromatic nitrogens is 1. The summed E-state index contributed by atoms with van der Waals surface area (Å²) in [5.74, 6) is -0.0744. The first kappa shape index (κ1) is 16.9. The fourth-order valence-electron chi connectivity index (χ4n) is 2.96. The summed E-state index contributed by atoms with van der Waals surface area (Å²) in [6.45, 7) is 0.613. The van der Waals surface area contributed by atoms with E-state index in [-0.39, 0.29) is 17.2 Å². The Morgan fingerprint density at radius 1 is 1.17 bits per heavy atom. The number of hydrogen-bond acceptors (Lipinski definition) is 3. The number of halogens is 2. The number of carbonyl (C=O) groups is 1. The minimum absolute atomic E-state index is 0.149. The molecule has 0 atom stereocenters. The van der Waals surface area contributed by atoms with E-state index in [2.05, 4.69) is 5.32 Å². The Hall–Kier alpha value is -1.98. The third-order valence-corrected chi connectivity index (χ3v) is 4.43. The number of benzene rings is 1. The predicted molar refractivity (Wildman–Crippen MR) is 94.6 cm³/mol. The lowest BCUT2D eigenvalue weighted by atomic mass is 10.0. The van der Waals surface area contributed by atoms with E-state index in [1.54, 1.807) is 22.8 Å². The third-order valence-electron chi connectivity index (χ3n) is 3.99. The van der Waals surface area contributed by atoms with Crippen molar-refractivity contribution >= 4 is 34.8 Å². The Bertz CT molecular complexity index is 841. The molecule has 3 rings (SSSR count). The monoisotopic (exact) mass is 366 g/mol. The zero-order valence-electron chi connectivity index (χ0n) is 13.1. The molecule has 126 valence electrons. The lowest BCUT2D eigenvalue weighted by Crippen LogP contribution is -2.30. The van der Waals surface area contributed by atoms with E-state index < -0.39 is 0 Å². The van der Waals surface area contributed by atoms with Gasteiger partial charge in [-0.1, -0.05) is 23.2 Å². The first-order valence-electron chi connectivity index (χ1n) is 7.57. The van der Waals surface area contributed by atoms with Crippen LogP contribution >= 0.6 is 23.2 Å². The van der Waals surface area contributed by atoms with E-state index >= 15 is 0 Å². The van der Waals surface area contributed by atoms with Crippen LogP contribution in [0.4, 0.5) is 5.69 Å². The zero-order valence-corrected chi connectivity index (χ0v) is 14.6. The molecule has 1 aliphatic heterocycles. The van der Waals surface area contributed by atoms with Gasteiger partial charge >= 0.3 is 0 Å². The fourth-order valence-corrected chi connectivity index (χ4v) is 3.49. The highest BCUT2D eigenvalue weighted by molar-refractivity contribution is 6.35. The second-order valence-electron chi connectivity index (χ2n) is 5.59. The van der Waals surface area contributed by atoms with Crippen LogP contribution in [0.25, 0.3) is 0 Å². The molecule has 2 heterocycles. The van der Waals surface area contributed by atoms with E-state index in [0.29, 0.717) is 40.0 Å². The van der Waals surface area contributed by atoms with Crippen molar-refractivity contribution in [3.63, 3.8) is 0 Å². The maximum atomic E-state index is 12.8. The summed E-state index contributed by atoms with van der Waals surface area (Å²) in [4.78, 5) is 25.0. The summed E-state index contributed by atoms with van der Waals surface area (Å²) in [7, 11) is 1.45. The van der Waals surface area contributed by atoms with Crippen molar-refractivity contribution in [2.45, 2.75) is 25.8 Å². The molecular weight excluding hydrogens is 351 g/mol. The Labute approximate surface area is 149 Å². The number of carbonyl (C=O) groups excluding carboxylic acids is 1. The molecule has 24 heavy (non-hydrogen) atoms. The largest absolute Gasteiger partial charge is 0.496 e.